The molecule has 1 rings (SSSR count). The number of hydrogen-bond acceptors (Lipinski definition) is 2. The highest BCUT2D eigenvalue weighted by molar-refractivity contribution is 5.76. The zero-order valence-corrected chi connectivity index (χ0v) is 11.9. The van der Waals surface area contributed by atoms with Crippen molar-refractivity contribution in [3.8, 4) is 0 Å². The molecule has 1 amide bonds. The summed E-state index contributed by atoms with van der Waals surface area (Å²) in [5, 5.41) is 6.27. The van der Waals surface area contributed by atoms with Crippen LogP contribution in [-0.2, 0) is 11.3 Å². The summed E-state index contributed by atoms with van der Waals surface area (Å²) in [6.45, 7) is 9.90. The SMILES string of the molecule is CCNC(C)c1ccn(CCC(=O)NC(C)C)c1. The first-order valence-electron chi connectivity index (χ1n) is 6.71. The average molecular weight is 251 g/mol. The molecule has 1 aromatic heterocycles. The minimum atomic E-state index is 0.111. The molecule has 0 aliphatic rings. The van der Waals surface area contributed by atoms with Crippen molar-refractivity contribution < 1.29 is 4.79 Å². The Balaban J connectivity index is 2.42. The molecule has 1 heterocycles. The van der Waals surface area contributed by atoms with E-state index in [0.29, 0.717) is 12.5 Å². The first-order chi connectivity index (χ1) is 8.52. The standard InChI is InChI=1S/C14H25N3O/c1-5-15-12(4)13-6-8-17(10-13)9-7-14(18)16-11(2)3/h6,8,10-12,15H,5,7,9H2,1-4H3,(H,16,18). The second kappa shape index (κ2) is 7.21. The fourth-order valence-electron chi connectivity index (χ4n) is 1.90. The number of nitrogens with zero attached hydrogens (tertiary/aromatic N) is 1. The van der Waals surface area contributed by atoms with Gasteiger partial charge in [0.1, 0.15) is 0 Å². The van der Waals surface area contributed by atoms with E-state index in [1.165, 1.54) is 5.56 Å². The van der Waals surface area contributed by atoms with E-state index in [9.17, 15) is 4.79 Å². The predicted molar refractivity (Wildman–Crippen MR) is 74.4 cm³/mol. The normalized spacial score (nSPS) is 12.7. The Kier molecular flexibility index (Phi) is 5.92. The summed E-state index contributed by atoms with van der Waals surface area (Å²) in [5.41, 5.74) is 1.26. The lowest BCUT2D eigenvalue weighted by Crippen LogP contribution is -2.30. The number of carbonyl (C=O) groups is 1. The van der Waals surface area contributed by atoms with Crippen LogP contribution in [0, 0.1) is 0 Å². The van der Waals surface area contributed by atoms with Gasteiger partial charge in [0.05, 0.1) is 0 Å². The van der Waals surface area contributed by atoms with Crippen LogP contribution in [0.5, 0.6) is 0 Å². The first-order valence-corrected chi connectivity index (χ1v) is 6.71. The lowest BCUT2D eigenvalue weighted by Gasteiger charge is -2.10. The van der Waals surface area contributed by atoms with Crippen molar-refractivity contribution in [2.45, 2.75) is 52.7 Å². The van der Waals surface area contributed by atoms with Crippen LogP contribution in [0.3, 0.4) is 0 Å². The summed E-state index contributed by atoms with van der Waals surface area (Å²) < 4.78 is 2.07. The molecule has 0 fully saturated rings. The molecular weight excluding hydrogens is 226 g/mol. The summed E-state index contributed by atoms with van der Waals surface area (Å²) >= 11 is 0. The molecule has 102 valence electrons. The number of nitrogens with one attached hydrogen (secondary N) is 2. The van der Waals surface area contributed by atoms with Crippen molar-refractivity contribution in [3.63, 3.8) is 0 Å². The molecule has 0 saturated heterocycles. The van der Waals surface area contributed by atoms with Crippen LogP contribution in [-0.4, -0.2) is 23.1 Å². The largest absolute Gasteiger partial charge is 0.354 e. The Labute approximate surface area is 110 Å². The lowest BCUT2D eigenvalue weighted by molar-refractivity contribution is -0.121. The number of aryl methyl sites for hydroxylation is 1. The third kappa shape index (κ3) is 4.92. The van der Waals surface area contributed by atoms with Crippen LogP contribution >= 0.6 is 0 Å². The highest BCUT2D eigenvalue weighted by Gasteiger charge is 2.07. The minimum absolute atomic E-state index is 0.111. The van der Waals surface area contributed by atoms with Crippen molar-refractivity contribution in [2.75, 3.05) is 6.54 Å². The maximum Gasteiger partial charge on any atom is 0.221 e. The molecule has 1 aromatic rings. The van der Waals surface area contributed by atoms with Gasteiger partial charge in [-0.15, -0.1) is 0 Å². The van der Waals surface area contributed by atoms with E-state index in [1.807, 2.05) is 20.0 Å². The number of hydrogen-bond donors (Lipinski definition) is 2. The quantitative estimate of drug-likeness (QED) is 0.779. The van der Waals surface area contributed by atoms with Crippen LogP contribution in [0.1, 0.15) is 45.7 Å². The Hall–Kier alpha value is -1.29. The van der Waals surface area contributed by atoms with Gasteiger partial charge < -0.3 is 15.2 Å². The second-order valence-electron chi connectivity index (χ2n) is 4.93. The smallest absolute Gasteiger partial charge is 0.221 e. The van der Waals surface area contributed by atoms with Gasteiger partial charge in [0.2, 0.25) is 5.91 Å². The van der Waals surface area contributed by atoms with Gasteiger partial charge in [0.25, 0.3) is 0 Å². The Bertz CT molecular complexity index is 371. The summed E-state index contributed by atoms with van der Waals surface area (Å²) in [7, 11) is 0. The van der Waals surface area contributed by atoms with Crippen molar-refractivity contribution in [1.29, 1.82) is 0 Å². The molecule has 0 spiro atoms. The number of amides is 1. The van der Waals surface area contributed by atoms with Gasteiger partial charge in [-0.1, -0.05) is 6.92 Å². The Morgan fingerprint density at radius 2 is 2.11 bits per heavy atom. The van der Waals surface area contributed by atoms with Crippen molar-refractivity contribution in [2.24, 2.45) is 0 Å². The molecule has 2 N–H and O–H groups in total. The molecule has 0 aliphatic carbocycles. The summed E-state index contributed by atoms with van der Waals surface area (Å²) in [5.74, 6) is 0.111. The van der Waals surface area contributed by atoms with Crippen molar-refractivity contribution >= 4 is 5.91 Å². The molecule has 0 aliphatic heterocycles. The van der Waals surface area contributed by atoms with E-state index in [2.05, 4.69) is 41.3 Å². The number of carbonyl (C=O) groups excluding carboxylic acids is 1. The van der Waals surface area contributed by atoms with Crippen LogP contribution < -0.4 is 10.6 Å². The number of aromatic nitrogens is 1. The average Bonchev–Trinajstić information content (AvgIpc) is 2.74. The van der Waals surface area contributed by atoms with E-state index in [4.69, 9.17) is 0 Å². The first kappa shape index (κ1) is 14.8. The van der Waals surface area contributed by atoms with Gasteiger partial charge in [-0.25, -0.2) is 0 Å². The van der Waals surface area contributed by atoms with Gasteiger partial charge in [-0.05, 0) is 38.9 Å². The fourth-order valence-corrected chi connectivity index (χ4v) is 1.90. The zero-order chi connectivity index (χ0) is 13.5. The highest BCUT2D eigenvalue weighted by Crippen LogP contribution is 2.12. The molecule has 1 unspecified atom stereocenters. The molecule has 4 nitrogen and oxygen atoms in total. The van der Waals surface area contributed by atoms with E-state index in [0.717, 1.165) is 13.1 Å². The van der Waals surface area contributed by atoms with Gasteiger partial charge in [0, 0.05) is 37.4 Å². The molecule has 4 heteroatoms. The summed E-state index contributed by atoms with van der Waals surface area (Å²) in [6, 6.07) is 2.68. The predicted octanol–water partition coefficient (Wildman–Crippen LogP) is 2.07. The second-order valence-corrected chi connectivity index (χ2v) is 4.93. The van der Waals surface area contributed by atoms with Gasteiger partial charge in [-0.2, -0.15) is 0 Å². The molecular formula is C14H25N3O. The summed E-state index contributed by atoms with van der Waals surface area (Å²) in [6.07, 6.45) is 4.67. The molecule has 0 aromatic carbocycles. The molecule has 1 atom stereocenters. The van der Waals surface area contributed by atoms with E-state index in [1.54, 1.807) is 0 Å². The van der Waals surface area contributed by atoms with Crippen LogP contribution in [0.25, 0.3) is 0 Å². The Morgan fingerprint density at radius 1 is 1.39 bits per heavy atom. The van der Waals surface area contributed by atoms with Crippen LogP contribution in [0.15, 0.2) is 18.5 Å². The fraction of sp³-hybridized carbons (Fsp3) is 0.643. The maximum absolute atomic E-state index is 11.5. The van der Waals surface area contributed by atoms with Crippen molar-refractivity contribution in [1.82, 2.24) is 15.2 Å². The monoisotopic (exact) mass is 251 g/mol. The maximum atomic E-state index is 11.5. The molecule has 0 radical (unpaired) electrons. The van der Waals surface area contributed by atoms with Crippen LogP contribution in [0.2, 0.25) is 0 Å². The van der Waals surface area contributed by atoms with E-state index < -0.39 is 0 Å². The van der Waals surface area contributed by atoms with Crippen LogP contribution in [0.4, 0.5) is 0 Å². The third-order valence-electron chi connectivity index (χ3n) is 2.83. The van der Waals surface area contributed by atoms with E-state index in [-0.39, 0.29) is 11.9 Å². The van der Waals surface area contributed by atoms with Crippen molar-refractivity contribution in [3.05, 3.63) is 24.0 Å². The zero-order valence-electron chi connectivity index (χ0n) is 11.9. The lowest BCUT2D eigenvalue weighted by atomic mass is 10.2. The highest BCUT2D eigenvalue weighted by atomic mass is 16.1. The van der Waals surface area contributed by atoms with Gasteiger partial charge in [-0.3, -0.25) is 4.79 Å². The van der Waals surface area contributed by atoms with Gasteiger partial charge in [0.15, 0.2) is 0 Å². The Morgan fingerprint density at radius 3 is 2.72 bits per heavy atom. The van der Waals surface area contributed by atoms with E-state index >= 15 is 0 Å². The third-order valence-corrected chi connectivity index (χ3v) is 2.83. The molecule has 18 heavy (non-hydrogen) atoms. The topological polar surface area (TPSA) is 46.1 Å². The number of rotatable bonds is 7. The summed E-state index contributed by atoms with van der Waals surface area (Å²) in [4.78, 5) is 11.5. The molecule has 0 saturated carbocycles. The minimum Gasteiger partial charge on any atom is -0.354 e. The molecule has 0 bridgehead atoms. The van der Waals surface area contributed by atoms with Gasteiger partial charge >= 0.3 is 0 Å².